The molecule has 0 aliphatic heterocycles. The van der Waals surface area contributed by atoms with Crippen LogP contribution in [0.3, 0.4) is 0 Å². The summed E-state index contributed by atoms with van der Waals surface area (Å²) in [6.45, 7) is 3.68. The molecule has 100 valence electrons. The number of aromatic amines is 1. The van der Waals surface area contributed by atoms with E-state index in [1.54, 1.807) is 0 Å². The van der Waals surface area contributed by atoms with Crippen LogP contribution in [0.15, 0.2) is 9.59 Å². The lowest BCUT2D eigenvalue weighted by Crippen LogP contribution is -2.35. The molecule has 1 saturated carbocycles. The third-order valence-electron chi connectivity index (χ3n) is 4.04. The van der Waals surface area contributed by atoms with Gasteiger partial charge in [0.2, 0.25) is 5.88 Å². The Bertz CT molecular complexity index is 544. The highest BCUT2D eigenvalue weighted by Crippen LogP contribution is 2.35. The minimum atomic E-state index is -0.503. The Labute approximate surface area is 105 Å². The second-order valence-corrected chi connectivity index (χ2v) is 5.17. The molecule has 1 heterocycles. The topological polar surface area (TPSA) is 75.1 Å². The highest BCUT2D eigenvalue weighted by molar-refractivity contribution is 5.21. The molecular formula is C13H20N2O3. The van der Waals surface area contributed by atoms with E-state index in [-0.39, 0.29) is 17.5 Å². The molecule has 0 spiro atoms. The summed E-state index contributed by atoms with van der Waals surface area (Å²) < 4.78 is 1.36. The summed E-state index contributed by atoms with van der Waals surface area (Å²) in [7, 11) is 0. The van der Waals surface area contributed by atoms with Gasteiger partial charge in [0.05, 0.1) is 5.56 Å². The third kappa shape index (κ3) is 2.21. The normalized spacial score (nSPS) is 24.1. The van der Waals surface area contributed by atoms with Gasteiger partial charge >= 0.3 is 5.69 Å². The van der Waals surface area contributed by atoms with Crippen molar-refractivity contribution in [3.05, 3.63) is 26.4 Å². The molecule has 1 aromatic rings. The van der Waals surface area contributed by atoms with Gasteiger partial charge in [-0.3, -0.25) is 14.3 Å². The minimum absolute atomic E-state index is 0.00625. The molecule has 0 aromatic carbocycles. The highest BCUT2D eigenvalue weighted by Gasteiger charge is 2.25. The van der Waals surface area contributed by atoms with E-state index in [9.17, 15) is 14.7 Å². The van der Waals surface area contributed by atoms with Crippen LogP contribution in [0.2, 0.25) is 0 Å². The molecule has 5 heteroatoms. The second-order valence-electron chi connectivity index (χ2n) is 5.17. The zero-order valence-electron chi connectivity index (χ0n) is 10.9. The zero-order valence-corrected chi connectivity index (χ0v) is 10.9. The fourth-order valence-corrected chi connectivity index (χ4v) is 2.84. The Morgan fingerprint density at radius 3 is 2.78 bits per heavy atom. The summed E-state index contributed by atoms with van der Waals surface area (Å²) in [5, 5.41) is 10.0. The van der Waals surface area contributed by atoms with E-state index >= 15 is 0 Å². The number of aromatic hydroxyl groups is 1. The standard InChI is InChI=1S/C13H20N2O3/c1-3-9-5-4-6-10(7-9)15-12(17)8(2)11(16)14-13(15)18/h9-10,17H,3-7H2,1-2H3,(H,14,16,18). The smallest absolute Gasteiger partial charge is 0.331 e. The molecular weight excluding hydrogens is 232 g/mol. The number of hydrogen-bond acceptors (Lipinski definition) is 3. The molecule has 0 saturated heterocycles. The van der Waals surface area contributed by atoms with Crippen LogP contribution in [0.5, 0.6) is 5.88 Å². The number of aromatic nitrogens is 2. The zero-order chi connectivity index (χ0) is 13.3. The van der Waals surface area contributed by atoms with E-state index in [4.69, 9.17) is 0 Å². The monoisotopic (exact) mass is 252 g/mol. The molecule has 1 aliphatic rings. The van der Waals surface area contributed by atoms with Crippen molar-refractivity contribution in [1.82, 2.24) is 9.55 Å². The summed E-state index contributed by atoms with van der Waals surface area (Å²) in [5.74, 6) is 0.424. The van der Waals surface area contributed by atoms with Crippen LogP contribution in [-0.4, -0.2) is 14.7 Å². The van der Waals surface area contributed by atoms with E-state index in [0.29, 0.717) is 5.92 Å². The number of H-pyrrole nitrogens is 1. The van der Waals surface area contributed by atoms with Crippen molar-refractivity contribution in [2.45, 2.75) is 52.0 Å². The van der Waals surface area contributed by atoms with E-state index in [1.807, 2.05) is 0 Å². The average Bonchev–Trinajstić information content (AvgIpc) is 2.36. The van der Waals surface area contributed by atoms with Crippen molar-refractivity contribution in [3.8, 4) is 5.88 Å². The lowest BCUT2D eigenvalue weighted by atomic mass is 9.84. The minimum Gasteiger partial charge on any atom is -0.494 e. The van der Waals surface area contributed by atoms with Gasteiger partial charge in [0.15, 0.2) is 0 Å². The van der Waals surface area contributed by atoms with Gasteiger partial charge in [-0.2, -0.15) is 0 Å². The molecule has 1 fully saturated rings. The first-order valence-corrected chi connectivity index (χ1v) is 6.59. The first-order chi connectivity index (χ1) is 8.54. The molecule has 2 rings (SSSR count). The van der Waals surface area contributed by atoms with E-state index in [1.165, 1.54) is 17.9 Å². The average molecular weight is 252 g/mol. The van der Waals surface area contributed by atoms with Crippen LogP contribution in [0.25, 0.3) is 0 Å². The largest absolute Gasteiger partial charge is 0.494 e. The Balaban J connectivity index is 2.42. The Morgan fingerprint density at radius 2 is 2.11 bits per heavy atom. The van der Waals surface area contributed by atoms with Gasteiger partial charge in [0.25, 0.3) is 5.56 Å². The molecule has 5 nitrogen and oxygen atoms in total. The molecule has 0 bridgehead atoms. The van der Waals surface area contributed by atoms with Crippen LogP contribution in [0.1, 0.15) is 50.6 Å². The third-order valence-corrected chi connectivity index (χ3v) is 4.04. The van der Waals surface area contributed by atoms with Gasteiger partial charge < -0.3 is 5.11 Å². The maximum Gasteiger partial charge on any atom is 0.331 e. The van der Waals surface area contributed by atoms with Crippen molar-refractivity contribution in [1.29, 1.82) is 0 Å². The Morgan fingerprint density at radius 1 is 1.39 bits per heavy atom. The quantitative estimate of drug-likeness (QED) is 0.841. The van der Waals surface area contributed by atoms with Crippen molar-refractivity contribution in [2.75, 3.05) is 0 Å². The van der Waals surface area contributed by atoms with E-state index in [2.05, 4.69) is 11.9 Å². The van der Waals surface area contributed by atoms with Gasteiger partial charge in [-0.15, -0.1) is 0 Å². The summed E-state index contributed by atoms with van der Waals surface area (Å²) in [6.07, 6.45) is 5.12. The van der Waals surface area contributed by atoms with Gasteiger partial charge in [-0.1, -0.05) is 26.2 Å². The molecule has 2 atom stereocenters. The number of nitrogens with zero attached hydrogens (tertiary/aromatic N) is 1. The van der Waals surface area contributed by atoms with Crippen molar-refractivity contribution < 1.29 is 5.11 Å². The molecule has 2 N–H and O–H groups in total. The summed E-state index contributed by atoms with van der Waals surface area (Å²) >= 11 is 0. The van der Waals surface area contributed by atoms with Gasteiger partial charge in [-0.25, -0.2) is 4.79 Å². The lowest BCUT2D eigenvalue weighted by Gasteiger charge is -2.30. The predicted octanol–water partition coefficient (Wildman–Crippen LogP) is 1.69. The summed E-state index contributed by atoms with van der Waals surface area (Å²) in [4.78, 5) is 25.5. The van der Waals surface area contributed by atoms with Crippen molar-refractivity contribution >= 4 is 0 Å². The van der Waals surface area contributed by atoms with Crippen LogP contribution < -0.4 is 11.2 Å². The van der Waals surface area contributed by atoms with E-state index < -0.39 is 11.2 Å². The Hall–Kier alpha value is -1.52. The van der Waals surface area contributed by atoms with Crippen LogP contribution in [0, 0.1) is 12.8 Å². The van der Waals surface area contributed by atoms with Crippen LogP contribution in [0.4, 0.5) is 0 Å². The number of hydrogen-bond donors (Lipinski definition) is 2. The highest BCUT2D eigenvalue weighted by atomic mass is 16.3. The first-order valence-electron chi connectivity index (χ1n) is 6.59. The maximum atomic E-state index is 11.9. The fraction of sp³-hybridized carbons (Fsp3) is 0.692. The van der Waals surface area contributed by atoms with Gasteiger partial charge in [0.1, 0.15) is 0 Å². The summed E-state index contributed by atoms with van der Waals surface area (Å²) in [5.41, 5.74) is -0.783. The molecule has 1 aliphatic carbocycles. The number of rotatable bonds is 2. The van der Waals surface area contributed by atoms with Gasteiger partial charge in [0, 0.05) is 6.04 Å². The second kappa shape index (κ2) is 5.00. The molecule has 1 aromatic heterocycles. The predicted molar refractivity (Wildman–Crippen MR) is 69.0 cm³/mol. The molecule has 0 radical (unpaired) electrons. The van der Waals surface area contributed by atoms with E-state index in [0.717, 1.165) is 25.7 Å². The van der Waals surface area contributed by atoms with Crippen LogP contribution in [-0.2, 0) is 0 Å². The Kier molecular flexibility index (Phi) is 3.59. The number of nitrogens with one attached hydrogen (secondary N) is 1. The van der Waals surface area contributed by atoms with Crippen molar-refractivity contribution in [2.24, 2.45) is 5.92 Å². The van der Waals surface area contributed by atoms with Crippen molar-refractivity contribution in [3.63, 3.8) is 0 Å². The lowest BCUT2D eigenvalue weighted by molar-refractivity contribution is 0.236. The maximum absolute atomic E-state index is 11.9. The van der Waals surface area contributed by atoms with Crippen LogP contribution >= 0.6 is 0 Å². The fourth-order valence-electron chi connectivity index (χ4n) is 2.84. The first kappa shape index (κ1) is 12.9. The molecule has 0 amide bonds. The SMILES string of the molecule is CCC1CCCC(n2c(O)c(C)c(=O)[nH]c2=O)C1. The van der Waals surface area contributed by atoms with Gasteiger partial charge in [-0.05, 0) is 25.7 Å². The molecule has 2 unspecified atom stereocenters. The molecule has 18 heavy (non-hydrogen) atoms. The summed E-state index contributed by atoms with van der Waals surface area (Å²) in [6, 6.07) is 0.00625.